The van der Waals surface area contributed by atoms with Crippen molar-refractivity contribution < 1.29 is 0 Å². The van der Waals surface area contributed by atoms with Crippen LogP contribution in [0.1, 0.15) is 44.4 Å². The summed E-state index contributed by atoms with van der Waals surface area (Å²) in [4.78, 5) is 2.32. The van der Waals surface area contributed by atoms with E-state index in [0.29, 0.717) is 5.41 Å². The molecule has 0 unspecified atom stereocenters. The minimum absolute atomic E-state index is 0. The van der Waals surface area contributed by atoms with Gasteiger partial charge in [0.1, 0.15) is 0 Å². The van der Waals surface area contributed by atoms with Gasteiger partial charge in [-0.1, -0.05) is 25.1 Å². The largest absolute Gasteiger partial charge is 0.344 e. The van der Waals surface area contributed by atoms with Gasteiger partial charge in [-0.05, 0) is 64.9 Å². The van der Waals surface area contributed by atoms with Crippen LogP contribution in [0.5, 0.6) is 0 Å². The maximum absolute atomic E-state index is 2.58. The van der Waals surface area contributed by atoms with E-state index in [-0.39, 0.29) is 12.4 Å². The Labute approximate surface area is 140 Å². The zero-order chi connectivity index (χ0) is 15.0. The Hall–Kier alpha value is -0.990. The molecule has 0 fully saturated rings. The van der Waals surface area contributed by atoms with Crippen molar-refractivity contribution in [2.75, 3.05) is 20.6 Å². The lowest BCUT2D eigenvalue weighted by atomic mass is 9.72. The molecule has 1 atom stereocenters. The van der Waals surface area contributed by atoms with Crippen LogP contribution in [0.25, 0.3) is 10.9 Å². The summed E-state index contributed by atoms with van der Waals surface area (Å²) >= 11 is 0. The first-order valence-electron chi connectivity index (χ1n) is 8.32. The second kappa shape index (κ2) is 6.64. The lowest BCUT2D eigenvalue weighted by Crippen LogP contribution is -2.33. The third kappa shape index (κ3) is 2.79. The quantitative estimate of drug-likeness (QED) is 0.797. The zero-order valence-corrected chi connectivity index (χ0v) is 15.2. The number of halogens is 1. The van der Waals surface area contributed by atoms with E-state index in [9.17, 15) is 0 Å². The molecular weight excluding hydrogens is 292 g/mol. The maximum Gasteiger partial charge on any atom is 0.0485 e. The van der Waals surface area contributed by atoms with Crippen molar-refractivity contribution in [2.24, 2.45) is 0 Å². The molecule has 2 nitrogen and oxygen atoms in total. The van der Waals surface area contributed by atoms with Crippen LogP contribution in [0.2, 0.25) is 0 Å². The molecule has 0 saturated heterocycles. The van der Waals surface area contributed by atoms with Crippen molar-refractivity contribution in [3.8, 4) is 0 Å². The van der Waals surface area contributed by atoms with Crippen LogP contribution >= 0.6 is 12.4 Å². The van der Waals surface area contributed by atoms with Crippen molar-refractivity contribution in [1.82, 2.24) is 9.47 Å². The normalized spacial score (nSPS) is 21.0. The van der Waals surface area contributed by atoms with Crippen molar-refractivity contribution in [2.45, 2.75) is 51.5 Å². The Kier molecular flexibility index (Phi) is 5.24. The van der Waals surface area contributed by atoms with E-state index in [2.05, 4.69) is 61.7 Å². The molecule has 0 N–H and O–H groups in total. The van der Waals surface area contributed by atoms with Crippen LogP contribution in [-0.2, 0) is 18.4 Å². The van der Waals surface area contributed by atoms with Gasteiger partial charge in [-0.3, -0.25) is 0 Å². The lowest BCUT2D eigenvalue weighted by molar-refractivity contribution is 0.289. The summed E-state index contributed by atoms with van der Waals surface area (Å²) < 4.78 is 2.58. The molecule has 3 heteroatoms. The minimum Gasteiger partial charge on any atom is -0.344 e. The second-order valence-corrected chi connectivity index (χ2v) is 7.06. The van der Waals surface area contributed by atoms with Gasteiger partial charge in [-0.25, -0.2) is 0 Å². The molecule has 1 aromatic heterocycles. The highest BCUT2D eigenvalue weighted by Gasteiger charge is 2.36. The van der Waals surface area contributed by atoms with Crippen LogP contribution in [0.4, 0.5) is 0 Å². The smallest absolute Gasteiger partial charge is 0.0485 e. The van der Waals surface area contributed by atoms with E-state index in [4.69, 9.17) is 0 Å². The number of fused-ring (bicyclic) bond motifs is 3. The average molecular weight is 321 g/mol. The predicted octanol–water partition coefficient (Wildman–Crippen LogP) is 4.63. The maximum atomic E-state index is 2.58. The van der Waals surface area contributed by atoms with Gasteiger partial charge in [0.15, 0.2) is 0 Å². The van der Waals surface area contributed by atoms with E-state index in [1.54, 1.807) is 11.3 Å². The first-order chi connectivity index (χ1) is 10.1. The molecular formula is C19H29ClN2. The van der Waals surface area contributed by atoms with Crippen LogP contribution in [0, 0.1) is 0 Å². The monoisotopic (exact) mass is 320 g/mol. The van der Waals surface area contributed by atoms with Gasteiger partial charge < -0.3 is 9.47 Å². The molecule has 0 radical (unpaired) electrons. The van der Waals surface area contributed by atoms with Crippen LogP contribution < -0.4 is 0 Å². The number of aromatic nitrogens is 1. The highest BCUT2D eigenvalue weighted by molar-refractivity contribution is 5.86. The Balaban J connectivity index is 0.00000176. The van der Waals surface area contributed by atoms with Gasteiger partial charge in [-0.15, -0.1) is 12.4 Å². The zero-order valence-electron chi connectivity index (χ0n) is 14.4. The Morgan fingerprint density at radius 3 is 2.64 bits per heavy atom. The average Bonchev–Trinajstić information content (AvgIpc) is 2.81. The molecule has 1 aliphatic carbocycles. The van der Waals surface area contributed by atoms with Gasteiger partial charge in [-0.2, -0.15) is 0 Å². The summed E-state index contributed by atoms with van der Waals surface area (Å²) in [5, 5.41) is 1.49. The summed E-state index contributed by atoms with van der Waals surface area (Å²) in [6.45, 7) is 7.02. The Bertz CT molecular complexity index is 611. The van der Waals surface area contributed by atoms with E-state index in [1.165, 1.54) is 43.1 Å². The number of hydrogen-bond donors (Lipinski definition) is 0. The number of rotatable bonds is 4. The predicted molar refractivity (Wildman–Crippen MR) is 98.3 cm³/mol. The number of para-hydroxylation sites is 1. The van der Waals surface area contributed by atoms with E-state index < -0.39 is 0 Å². The second-order valence-electron chi connectivity index (χ2n) is 7.06. The lowest BCUT2D eigenvalue weighted by Gasteiger charge is -2.37. The molecule has 1 aromatic carbocycles. The van der Waals surface area contributed by atoms with Crippen LogP contribution in [0.15, 0.2) is 24.3 Å². The van der Waals surface area contributed by atoms with Crippen molar-refractivity contribution in [3.05, 3.63) is 35.5 Å². The topological polar surface area (TPSA) is 8.17 Å². The SMILES string of the molecule is CCn1c2c(c3ccccc31)CCC[C@@]2(C)CCN(C)C.Cl. The molecule has 0 saturated carbocycles. The van der Waals surface area contributed by atoms with Gasteiger partial charge in [0.2, 0.25) is 0 Å². The fourth-order valence-corrected chi connectivity index (χ4v) is 4.13. The van der Waals surface area contributed by atoms with Crippen LogP contribution in [0.3, 0.4) is 0 Å². The Morgan fingerprint density at radius 2 is 1.95 bits per heavy atom. The van der Waals surface area contributed by atoms with Crippen molar-refractivity contribution in [1.29, 1.82) is 0 Å². The highest BCUT2D eigenvalue weighted by Crippen LogP contribution is 2.44. The van der Waals surface area contributed by atoms with Gasteiger partial charge in [0.25, 0.3) is 0 Å². The van der Waals surface area contributed by atoms with Gasteiger partial charge >= 0.3 is 0 Å². The number of benzene rings is 1. The third-order valence-electron chi connectivity index (χ3n) is 5.23. The third-order valence-corrected chi connectivity index (χ3v) is 5.23. The van der Waals surface area contributed by atoms with Crippen molar-refractivity contribution >= 4 is 23.3 Å². The summed E-state index contributed by atoms with van der Waals surface area (Å²) in [6.07, 6.45) is 5.16. The number of hydrogen-bond acceptors (Lipinski definition) is 1. The van der Waals surface area contributed by atoms with Gasteiger partial charge in [0, 0.05) is 28.6 Å². The minimum atomic E-state index is 0. The Morgan fingerprint density at radius 1 is 1.23 bits per heavy atom. The van der Waals surface area contributed by atoms with Crippen LogP contribution in [-0.4, -0.2) is 30.1 Å². The molecule has 0 bridgehead atoms. The van der Waals surface area contributed by atoms with Crippen molar-refractivity contribution in [3.63, 3.8) is 0 Å². The molecule has 122 valence electrons. The van der Waals surface area contributed by atoms with Gasteiger partial charge in [0.05, 0.1) is 0 Å². The molecule has 3 rings (SSSR count). The molecule has 0 amide bonds. The molecule has 0 spiro atoms. The first-order valence-corrected chi connectivity index (χ1v) is 8.32. The molecule has 22 heavy (non-hydrogen) atoms. The fourth-order valence-electron chi connectivity index (χ4n) is 4.13. The van der Waals surface area contributed by atoms with E-state index in [1.807, 2.05) is 0 Å². The molecule has 1 aliphatic rings. The molecule has 0 aliphatic heterocycles. The van der Waals surface area contributed by atoms with E-state index in [0.717, 1.165) is 6.54 Å². The summed E-state index contributed by atoms with van der Waals surface area (Å²) in [5.74, 6) is 0. The highest BCUT2D eigenvalue weighted by atomic mass is 35.5. The first kappa shape index (κ1) is 17.4. The number of nitrogens with zero attached hydrogens (tertiary/aromatic N) is 2. The number of aryl methyl sites for hydroxylation is 2. The standard InChI is InChI=1S/C19H28N2.ClH/c1-5-21-17-11-7-6-9-15(17)16-10-8-12-19(2,18(16)21)13-14-20(3)4;/h6-7,9,11H,5,8,10,12-14H2,1-4H3;1H/t19-;/m0./s1. The summed E-state index contributed by atoms with van der Waals surface area (Å²) in [7, 11) is 4.37. The molecule has 1 heterocycles. The summed E-state index contributed by atoms with van der Waals surface area (Å²) in [5.41, 5.74) is 5.01. The van der Waals surface area contributed by atoms with E-state index >= 15 is 0 Å². The molecule has 2 aromatic rings. The summed E-state index contributed by atoms with van der Waals surface area (Å²) in [6, 6.07) is 8.98. The fraction of sp³-hybridized carbons (Fsp3) is 0.579.